The molecule has 0 saturated carbocycles. The molecular formula is C30H31FN4O2. The molecule has 2 aliphatic rings. The minimum atomic E-state index is -0.295. The Morgan fingerprint density at radius 2 is 1.81 bits per heavy atom. The molecule has 2 saturated heterocycles. The summed E-state index contributed by atoms with van der Waals surface area (Å²) in [5.41, 5.74) is 5.04. The molecule has 0 radical (unpaired) electrons. The first kappa shape index (κ1) is 23.8. The van der Waals surface area contributed by atoms with Crippen LogP contribution in [0.2, 0.25) is 0 Å². The molecule has 3 heterocycles. The van der Waals surface area contributed by atoms with Gasteiger partial charge in [-0.25, -0.2) is 9.37 Å². The number of halogens is 1. The lowest BCUT2D eigenvalue weighted by molar-refractivity contribution is 0.0552. The number of imidazole rings is 1. The number of hydrogen-bond donors (Lipinski definition) is 2. The molecule has 1 aromatic heterocycles. The van der Waals surface area contributed by atoms with Crippen LogP contribution in [0.1, 0.15) is 36.0 Å². The van der Waals surface area contributed by atoms with Crippen molar-refractivity contribution in [3.8, 4) is 22.5 Å². The number of β-amino-alcohol motifs (C(OH)–C–C–N with tert-alkyl or cyclic N) is 1. The summed E-state index contributed by atoms with van der Waals surface area (Å²) in [5.74, 6) is 0.479. The molecule has 0 bridgehead atoms. The molecule has 0 spiro atoms. The van der Waals surface area contributed by atoms with E-state index in [1.807, 2.05) is 47.4 Å². The van der Waals surface area contributed by atoms with Crippen LogP contribution in [0.4, 0.5) is 4.39 Å². The summed E-state index contributed by atoms with van der Waals surface area (Å²) in [6.07, 6.45) is 3.76. The number of nitrogens with zero attached hydrogens (tertiary/aromatic N) is 3. The molecule has 6 rings (SSSR count). The molecule has 1 amide bonds. The predicted molar refractivity (Wildman–Crippen MR) is 143 cm³/mol. The van der Waals surface area contributed by atoms with Gasteiger partial charge < -0.3 is 15.0 Å². The van der Waals surface area contributed by atoms with Crippen LogP contribution in [-0.2, 0) is 0 Å². The summed E-state index contributed by atoms with van der Waals surface area (Å²) in [7, 11) is 0. The van der Waals surface area contributed by atoms with Gasteiger partial charge >= 0.3 is 0 Å². The average molecular weight is 499 g/mol. The number of rotatable bonds is 5. The molecule has 2 fully saturated rings. The fourth-order valence-electron chi connectivity index (χ4n) is 5.67. The third kappa shape index (κ3) is 5.02. The Bertz CT molecular complexity index is 1420. The molecule has 6 nitrogen and oxygen atoms in total. The Morgan fingerprint density at radius 3 is 2.62 bits per heavy atom. The second kappa shape index (κ2) is 10.1. The largest absolute Gasteiger partial charge is 0.392 e. The number of benzene rings is 3. The summed E-state index contributed by atoms with van der Waals surface area (Å²) in [5, 5.41) is 9.89. The van der Waals surface area contributed by atoms with Gasteiger partial charge in [-0.2, -0.15) is 0 Å². The van der Waals surface area contributed by atoms with Gasteiger partial charge in [0.2, 0.25) is 0 Å². The van der Waals surface area contributed by atoms with E-state index in [0.29, 0.717) is 23.4 Å². The fraction of sp³-hybridized carbons (Fsp3) is 0.333. The van der Waals surface area contributed by atoms with Gasteiger partial charge in [0.05, 0.1) is 17.1 Å². The third-order valence-corrected chi connectivity index (χ3v) is 7.65. The number of amides is 1. The monoisotopic (exact) mass is 498 g/mol. The van der Waals surface area contributed by atoms with E-state index >= 15 is 0 Å². The second-order valence-electron chi connectivity index (χ2n) is 10.3. The van der Waals surface area contributed by atoms with Gasteiger partial charge in [-0.15, -0.1) is 0 Å². The summed E-state index contributed by atoms with van der Waals surface area (Å²) in [6.45, 7) is 3.22. The molecule has 4 aromatic rings. The van der Waals surface area contributed by atoms with Gasteiger partial charge in [0.1, 0.15) is 11.6 Å². The number of H-pyrrole nitrogens is 1. The predicted octanol–water partition coefficient (Wildman–Crippen LogP) is 5.10. The normalized spacial score (nSPS) is 20.5. The number of piperidine rings is 1. The molecule has 2 aliphatic heterocycles. The highest BCUT2D eigenvalue weighted by atomic mass is 19.1. The van der Waals surface area contributed by atoms with Crippen molar-refractivity contribution >= 4 is 16.9 Å². The van der Waals surface area contributed by atoms with E-state index in [4.69, 9.17) is 0 Å². The fourth-order valence-corrected chi connectivity index (χ4v) is 5.67. The number of fused-ring (bicyclic) bond motifs is 1. The van der Waals surface area contributed by atoms with Crippen LogP contribution in [-0.4, -0.2) is 69.1 Å². The van der Waals surface area contributed by atoms with Gasteiger partial charge in [0.15, 0.2) is 0 Å². The average Bonchev–Trinajstić information content (AvgIpc) is 3.54. The molecule has 2 unspecified atom stereocenters. The van der Waals surface area contributed by atoms with Crippen molar-refractivity contribution in [1.82, 2.24) is 19.8 Å². The van der Waals surface area contributed by atoms with Crippen molar-refractivity contribution in [2.75, 3.05) is 26.2 Å². The van der Waals surface area contributed by atoms with Crippen LogP contribution in [0.15, 0.2) is 66.7 Å². The van der Waals surface area contributed by atoms with E-state index in [1.165, 1.54) is 12.1 Å². The lowest BCUT2D eigenvalue weighted by Gasteiger charge is -2.38. The highest BCUT2D eigenvalue weighted by Gasteiger charge is 2.31. The van der Waals surface area contributed by atoms with Crippen LogP contribution < -0.4 is 0 Å². The number of likely N-dealkylation sites (tertiary alicyclic amines) is 2. The van der Waals surface area contributed by atoms with Crippen LogP contribution in [0, 0.1) is 5.82 Å². The van der Waals surface area contributed by atoms with Gasteiger partial charge in [0.25, 0.3) is 5.91 Å². The second-order valence-corrected chi connectivity index (χ2v) is 10.3. The SMILES string of the molecule is O=C(c1ccc(-c2cccc(-c3nc4ccc(F)cc4[nH]3)c2)cc1)N1CCCCC1CN1CCC(O)C1. The molecule has 7 heteroatoms. The van der Waals surface area contributed by atoms with Gasteiger partial charge in [0, 0.05) is 43.3 Å². The number of carbonyl (C=O) groups is 1. The van der Waals surface area contributed by atoms with Crippen molar-refractivity contribution in [2.24, 2.45) is 0 Å². The quantitative estimate of drug-likeness (QED) is 0.402. The van der Waals surface area contributed by atoms with E-state index in [-0.39, 0.29) is 23.9 Å². The van der Waals surface area contributed by atoms with Crippen LogP contribution in [0.3, 0.4) is 0 Å². The van der Waals surface area contributed by atoms with Crippen LogP contribution >= 0.6 is 0 Å². The Hall–Kier alpha value is -3.55. The highest BCUT2D eigenvalue weighted by molar-refractivity contribution is 5.95. The smallest absolute Gasteiger partial charge is 0.254 e. The van der Waals surface area contributed by atoms with Crippen molar-refractivity contribution in [2.45, 2.75) is 37.8 Å². The molecule has 2 atom stereocenters. The van der Waals surface area contributed by atoms with Crippen molar-refractivity contribution in [3.63, 3.8) is 0 Å². The topological polar surface area (TPSA) is 72.5 Å². The number of aliphatic hydroxyl groups excluding tert-OH is 1. The maximum absolute atomic E-state index is 13.6. The van der Waals surface area contributed by atoms with E-state index < -0.39 is 0 Å². The van der Waals surface area contributed by atoms with Gasteiger partial charge in [-0.1, -0.05) is 30.3 Å². The van der Waals surface area contributed by atoms with E-state index in [0.717, 1.165) is 67.5 Å². The Balaban J connectivity index is 1.19. The summed E-state index contributed by atoms with van der Waals surface area (Å²) in [4.78, 5) is 25.6. The minimum absolute atomic E-state index is 0.0826. The Labute approximate surface area is 215 Å². The zero-order valence-electron chi connectivity index (χ0n) is 20.7. The molecule has 0 aliphatic carbocycles. The highest BCUT2D eigenvalue weighted by Crippen LogP contribution is 2.28. The maximum atomic E-state index is 13.6. The number of aromatic amines is 1. The number of carbonyl (C=O) groups excluding carboxylic acids is 1. The first-order valence-corrected chi connectivity index (χ1v) is 13.1. The number of aromatic nitrogens is 2. The maximum Gasteiger partial charge on any atom is 0.254 e. The van der Waals surface area contributed by atoms with Crippen LogP contribution in [0.25, 0.3) is 33.5 Å². The zero-order chi connectivity index (χ0) is 25.4. The first-order chi connectivity index (χ1) is 18.0. The number of hydrogen-bond acceptors (Lipinski definition) is 4. The zero-order valence-corrected chi connectivity index (χ0v) is 20.7. The Morgan fingerprint density at radius 1 is 0.973 bits per heavy atom. The molecule has 37 heavy (non-hydrogen) atoms. The molecule has 2 N–H and O–H groups in total. The Kier molecular flexibility index (Phi) is 6.49. The van der Waals surface area contributed by atoms with Gasteiger partial charge in [-0.3, -0.25) is 9.69 Å². The molecule has 190 valence electrons. The molecular weight excluding hydrogens is 467 g/mol. The van der Waals surface area contributed by atoms with Crippen molar-refractivity contribution in [1.29, 1.82) is 0 Å². The van der Waals surface area contributed by atoms with Crippen LogP contribution in [0.5, 0.6) is 0 Å². The van der Waals surface area contributed by atoms with Crippen molar-refractivity contribution in [3.05, 3.63) is 78.1 Å². The van der Waals surface area contributed by atoms with Crippen molar-refractivity contribution < 1.29 is 14.3 Å². The third-order valence-electron chi connectivity index (χ3n) is 7.65. The lowest BCUT2D eigenvalue weighted by Crippen LogP contribution is -2.49. The number of aliphatic hydroxyl groups is 1. The van der Waals surface area contributed by atoms with E-state index in [9.17, 15) is 14.3 Å². The van der Waals surface area contributed by atoms with Gasteiger partial charge in [-0.05, 0) is 73.2 Å². The summed E-state index contributed by atoms with van der Waals surface area (Å²) in [6, 6.07) is 20.6. The minimum Gasteiger partial charge on any atom is -0.392 e. The summed E-state index contributed by atoms with van der Waals surface area (Å²) >= 11 is 0. The van der Waals surface area contributed by atoms with E-state index in [1.54, 1.807) is 6.07 Å². The lowest BCUT2D eigenvalue weighted by atomic mass is 9.98. The standard InChI is InChI=1S/C30H31FN4O2/c31-24-11-12-27-28(17-24)33-29(32-27)23-5-3-4-22(16-23)20-7-9-21(10-8-20)30(37)35-14-2-1-6-25(35)18-34-15-13-26(36)19-34/h3-5,7-12,16-17,25-26,36H,1-2,6,13-15,18-19H2,(H,32,33). The van der Waals surface area contributed by atoms with E-state index in [2.05, 4.69) is 20.9 Å². The summed E-state index contributed by atoms with van der Waals surface area (Å²) < 4.78 is 13.6. The molecule has 3 aromatic carbocycles. The number of nitrogens with one attached hydrogen (secondary N) is 1. The first-order valence-electron chi connectivity index (χ1n) is 13.1.